The molecule has 2 aromatic rings. The van der Waals surface area contributed by atoms with Gasteiger partial charge in [-0.1, -0.05) is 43.3 Å². The molecule has 1 saturated heterocycles. The van der Waals surface area contributed by atoms with E-state index in [-0.39, 0.29) is 23.0 Å². The number of nitrogens with zero attached hydrogens (tertiary/aromatic N) is 1. The molecule has 3 N–H and O–H groups in total. The molecule has 0 bridgehead atoms. The lowest BCUT2D eigenvalue weighted by Crippen LogP contribution is -2.63. The van der Waals surface area contributed by atoms with Gasteiger partial charge in [-0.3, -0.25) is 9.69 Å². The van der Waals surface area contributed by atoms with Gasteiger partial charge in [0.15, 0.2) is 5.70 Å². The van der Waals surface area contributed by atoms with E-state index in [1.807, 2.05) is 0 Å². The largest absolute Gasteiger partial charge is 0.646 e. The molecule has 4 atom stereocenters. The predicted molar refractivity (Wildman–Crippen MR) is 115 cm³/mol. The summed E-state index contributed by atoms with van der Waals surface area (Å²) < 4.78 is 30.8. The second-order valence-electron chi connectivity index (χ2n) is 7.72. The van der Waals surface area contributed by atoms with Crippen LogP contribution in [0.1, 0.15) is 13.8 Å². The Bertz CT molecular complexity index is 1080. The highest BCUT2D eigenvalue weighted by Crippen LogP contribution is 2.57. The van der Waals surface area contributed by atoms with Crippen LogP contribution < -0.4 is 14.9 Å². The molecule has 2 heterocycles. The maximum atomic E-state index is 13.8. The Morgan fingerprint density at radius 2 is 1.55 bits per heavy atom. The highest BCUT2D eigenvalue weighted by atomic mass is 31.2. The molecule has 2 aliphatic rings. The smallest absolute Gasteiger partial charge is 0.393 e. The van der Waals surface area contributed by atoms with Crippen LogP contribution in [0.5, 0.6) is 11.5 Å². The van der Waals surface area contributed by atoms with Crippen molar-refractivity contribution in [1.29, 1.82) is 0 Å². The van der Waals surface area contributed by atoms with Gasteiger partial charge in [-0.25, -0.2) is 4.79 Å². The van der Waals surface area contributed by atoms with Gasteiger partial charge in [0.1, 0.15) is 17.3 Å². The number of para-hydroxylation sites is 2. The van der Waals surface area contributed by atoms with E-state index in [4.69, 9.17) is 19.5 Å². The fourth-order valence-corrected chi connectivity index (χ4v) is 5.45. The predicted octanol–water partition coefficient (Wildman–Crippen LogP) is 2.76. The lowest BCUT2D eigenvalue weighted by molar-refractivity contribution is -0.164. The number of amides is 1. The number of phosphoric acid groups is 1. The molecule has 0 aromatic heterocycles. The zero-order chi connectivity index (χ0) is 23.8. The minimum absolute atomic E-state index is 0.137. The molecule has 0 saturated carbocycles. The van der Waals surface area contributed by atoms with Crippen LogP contribution in [-0.4, -0.2) is 34.0 Å². The van der Waals surface area contributed by atoms with Crippen molar-refractivity contribution in [2.45, 2.75) is 26.0 Å². The van der Waals surface area contributed by atoms with E-state index in [9.17, 15) is 19.3 Å². The molecule has 33 heavy (non-hydrogen) atoms. The Morgan fingerprint density at radius 3 is 2.00 bits per heavy atom. The van der Waals surface area contributed by atoms with Crippen molar-refractivity contribution in [1.82, 2.24) is 4.90 Å². The Labute approximate surface area is 190 Å². The average Bonchev–Trinajstić information content (AvgIpc) is 3.02. The van der Waals surface area contributed by atoms with E-state index in [0.717, 1.165) is 4.90 Å². The second-order valence-corrected chi connectivity index (χ2v) is 9.16. The Kier molecular flexibility index (Phi) is 6.16. The summed E-state index contributed by atoms with van der Waals surface area (Å²) in [5.41, 5.74) is -0.301. The third-order valence-corrected chi connectivity index (χ3v) is 6.83. The Hall–Kier alpha value is -3.33. The minimum Gasteiger partial charge on any atom is -0.393 e. The van der Waals surface area contributed by atoms with Crippen LogP contribution in [0.4, 0.5) is 0 Å². The van der Waals surface area contributed by atoms with Crippen molar-refractivity contribution < 1.29 is 37.7 Å². The summed E-state index contributed by atoms with van der Waals surface area (Å²) in [6.07, 6.45) is -0.969. The van der Waals surface area contributed by atoms with Gasteiger partial charge in [0, 0.05) is 5.92 Å². The molecule has 0 radical (unpaired) electrons. The third kappa shape index (κ3) is 4.20. The van der Waals surface area contributed by atoms with Gasteiger partial charge in [0.2, 0.25) is 5.91 Å². The number of aliphatic hydroxyl groups excluding tert-OH is 1. The fraction of sp³-hybridized carbons (Fsp3) is 0.273. The van der Waals surface area contributed by atoms with Gasteiger partial charge in [0.25, 0.3) is 0 Å². The number of aliphatic hydroxyl groups is 1. The van der Waals surface area contributed by atoms with E-state index in [1.54, 1.807) is 67.6 Å². The van der Waals surface area contributed by atoms with E-state index >= 15 is 0 Å². The maximum Gasteiger partial charge on any atom is 0.646 e. The molecule has 11 heteroatoms. The van der Waals surface area contributed by atoms with Crippen molar-refractivity contribution in [2.75, 3.05) is 0 Å². The standard InChI is InChI=1S/C22H23N2O8P/c1-13-18-17(14(2)25)21(26)24(18)19(22(27)29-23)20(13)32-33(28,30-15-9-5-3-6-10-15)31-16-11-7-4-8-12-16/h3-14,17-18,25H,23H2,1-2H3. The van der Waals surface area contributed by atoms with Crippen LogP contribution in [0.2, 0.25) is 0 Å². The first-order valence-electron chi connectivity index (χ1n) is 10.2. The molecule has 4 rings (SSSR count). The topological polar surface area (TPSA) is 138 Å². The Balaban J connectivity index is 1.73. The van der Waals surface area contributed by atoms with E-state index in [2.05, 4.69) is 4.84 Å². The molecular weight excluding hydrogens is 451 g/mol. The molecule has 0 aliphatic carbocycles. The lowest BCUT2D eigenvalue weighted by Gasteiger charge is -2.46. The highest BCUT2D eigenvalue weighted by Gasteiger charge is 2.62. The van der Waals surface area contributed by atoms with Gasteiger partial charge in [0.05, 0.1) is 18.1 Å². The number of hydrogen-bond donors (Lipinski definition) is 2. The van der Waals surface area contributed by atoms with Crippen LogP contribution in [0, 0.1) is 11.8 Å². The SMILES string of the molecule is CC(O)C1C(=O)N2C(C(=O)ON)=C(OP(=O)(Oc3ccccc3)Oc3ccccc3)C(C)C12. The number of β-lactam (4-membered cyclic amide) rings is 1. The second kappa shape index (κ2) is 8.90. The molecule has 2 aliphatic heterocycles. The average molecular weight is 474 g/mol. The first-order chi connectivity index (χ1) is 15.8. The molecule has 4 unspecified atom stereocenters. The van der Waals surface area contributed by atoms with Gasteiger partial charge in [-0.15, -0.1) is 0 Å². The lowest BCUT2D eigenvalue weighted by atomic mass is 9.79. The zero-order valence-electron chi connectivity index (χ0n) is 17.9. The number of carbonyl (C=O) groups is 2. The minimum atomic E-state index is -4.43. The summed E-state index contributed by atoms with van der Waals surface area (Å²) in [5.74, 6) is 2.39. The summed E-state index contributed by atoms with van der Waals surface area (Å²) >= 11 is 0. The molecule has 1 fully saturated rings. The molecule has 0 spiro atoms. The summed E-state index contributed by atoms with van der Waals surface area (Å²) in [4.78, 5) is 30.6. The first-order valence-corrected chi connectivity index (χ1v) is 11.7. The quantitative estimate of drug-likeness (QED) is 0.336. The molecule has 1 amide bonds. The van der Waals surface area contributed by atoms with Crippen LogP contribution >= 0.6 is 7.82 Å². The molecule has 2 aromatic carbocycles. The first kappa shape index (κ1) is 22.8. The molecule has 174 valence electrons. The summed E-state index contributed by atoms with van der Waals surface area (Å²) in [6.45, 7) is 3.15. The van der Waals surface area contributed by atoms with Crippen molar-refractivity contribution in [2.24, 2.45) is 17.7 Å². The summed E-state index contributed by atoms with van der Waals surface area (Å²) in [6, 6.07) is 15.8. The normalized spacial score (nSPS) is 22.8. The Morgan fingerprint density at radius 1 is 1.03 bits per heavy atom. The van der Waals surface area contributed by atoms with E-state index in [0.29, 0.717) is 0 Å². The summed E-state index contributed by atoms with van der Waals surface area (Å²) in [5, 5.41) is 10.0. The number of nitrogens with two attached hydrogens (primary N) is 1. The van der Waals surface area contributed by atoms with Crippen LogP contribution in [-0.2, 0) is 23.5 Å². The highest BCUT2D eigenvalue weighted by molar-refractivity contribution is 7.49. The molecule has 10 nitrogen and oxygen atoms in total. The number of benzene rings is 2. The van der Waals surface area contributed by atoms with Crippen LogP contribution in [0.15, 0.2) is 72.1 Å². The van der Waals surface area contributed by atoms with Gasteiger partial charge in [-0.2, -0.15) is 10.5 Å². The fourth-order valence-electron chi connectivity index (χ4n) is 4.09. The third-order valence-electron chi connectivity index (χ3n) is 5.54. The van der Waals surface area contributed by atoms with Crippen molar-refractivity contribution in [3.63, 3.8) is 0 Å². The van der Waals surface area contributed by atoms with Crippen LogP contribution in [0.3, 0.4) is 0 Å². The van der Waals surface area contributed by atoms with Gasteiger partial charge >= 0.3 is 13.8 Å². The monoisotopic (exact) mass is 474 g/mol. The number of phosphoric ester groups is 1. The van der Waals surface area contributed by atoms with Crippen molar-refractivity contribution in [3.05, 3.63) is 72.1 Å². The van der Waals surface area contributed by atoms with Gasteiger partial charge in [-0.05, 0) is 31.2 Å². The number of rotatable bonds is 8. The van der Waals surface area contributed by atoms with Crippen molar-refractivity contribution >= 4 is 19.7 Å². The number of carbonyl (C=O) groups excluding carboxylic acids is 2. The van der Waals surface area contributed by atoms with Crippen LogP contribution in [0.25, 0.3) is 0 Å². The zero-order valence-corrected chi connectivity index (χ0v) is 18.8. The van der Waals surface area contributed by atoms with Gasteiger partial charge < -0.3 is 23.5 Å². The number of fused-ring (bicyclic) bond motifs is 1. The maximum absolute atomic E-state index is 13.8. The molecular formula is C22H23N2O8P. The van der Waals surface area contributed by atoms with E-state index < -0.39 is 43.7 Å². The van der Waals surface area contributed by atoms with E-state index in [1.165, 1.54) is 6.92 Å². The number of hydrogen-bond acceptors (Lipinski definition) is 9. The summed E-state index contributed by atoms with van der Waals surface area (Å²) in [7, 11) is -4.43. The van der Waals surface area contributed by atoms with Crippen molar-refractivity contribution in [3.8, 4) is 11.5 Å².